The number of fused-ring (bicyclic) bond motifs is 1. The summed E-state index contributed by atoms with van der Waals surface area (Å²) in [5.41, 5.74) is 6.53. The molecule has 2 heterocycles. The molecule has 1 aromatic heterocycles. The van der Waals surface area contributed by atoms with E-state index in [1.165, 1.54) is 11.8 Å². The second-order valence-electron chi connectivity index (χ2n) is 7.64. The maximum Gasteiger partial charge on any atom is 0.173 e. The van der Waals surface area contributed by atoms with Crippen molar-refractivity contribution >= 4 is 17.5 Å². The average Bonchev–Trinajstić information content (AvgIpc) is 2.77. The first kappa shape index (κ1) is 20.3. The van der Waals surface area contributed by atoms with Crippen LogP contribution in [0.15, 0.2) is 59.6 Å². The second-order valence-corrected chi connectivity index (χ2v) is 8.60. The second kappa shape index (κ2) is 8.83. The predicted octanol–water partition coefficient (Wildman–Crippen LogP) is 4.89. The van der Waals surface area contributed by atoms with Crippen molar-refractivity contribution < 1.29 is 4.79 Å². The number of benzene rings is 2. The van der Waals surface area contributed by atoms with Gasteiger partial charge in [-0.3, -0.25) is 4.79 Å². The van der Waals surface area contributed by atoms with E-state index in [1.54, 1.807) is 0 Å². The van der Waals surface area contributed by atoms with Crippen LogP contribution in [-0.2, 0) is 13.0 Å². The van der Waals surface area contributed by atoms with E-state index in [1.807, 2.05) is 61.5 Å². The molecule has 0 amide bonds. The number of nitrogens with zero attached hydrogens (tertiary/aromatic N) is 3. The number of carbonyl (C=O) groups is 1. The minimum absolute atomic E-state index is 0.0457. The van der Waals surface area contributed by atoms with E-state index >= 15 is 0 Å². The Kier molecular flexibility index (Phi) is 5.98. The van der Waals surface area contributed by atoms with E-state index in [0.717, 1.165) is 47.5 Å². The molecular formula is C25H23N3OS. The summed E-state index contributed by atoms with van der Waals surface area (Å²) in [6.07, 6.45) is 0.844. The number of rotatable bonds is 5. The van der Waals surface area contributed by atoms with Crippen molar-refractivity contribution in [3.63, 3.8) is 0 Å². The minimum Gasteiger partial charge on any atom is -0.302 e. The molecule has 150 valence electrons. The maximum atomic E-state index is 12.7. The molecule has 1 aliphatic rings. The highest BCUT2D eigenvalue weighted by Gasteiger charge is 2.25. The van der Waals surface area contributed by atoms with Crippen molar-refractivity contribution in [3.05, 3.63) is 82.5 Å². The normalized spacial score (nSPS) is 13.5. The van der Waals surface area contributed by atoms with Gasteiger partial charge in [-0.1, -0.05) is 71.9 Å². The van der Waals surface area contributed by atoms with Crippen molar-refractivity contribution in [1.82, 2.24) is 9.88 Å². The Morgan fingerprint density at radius 2 is 1.90 bits per heavy atom. The van der Waals surface area contributed by atoms with Crippen LogP contribution in [0.4, 0.5) is 0 Å². The molecule has 0 saturated carbocycles. The SMILES string of the molecule is Cc1ccc(C(=O)CSc2nc3c(c(-c4ccccc4)c2C#N)CN(C)CC3)cc1. The van der Waals surface area contributed by atoms with E-state index < -0.39 is 0 Å². The Balaban J connectivity index is 1.72. The summed E-state index contributed by atoms with van der Waals surface area (Å²) in [5.74, 6) is 0.307. The highest BCUT2D eigenvalue weighted by Crippen LogP contribution is 2.37. The van der Waals surface area contributed by atoms with Gasteiger partial charge in [0.25, 0.3) is 0 Å². The zero-order valence-electron chi connectivity index (χ0n) is 17.2. The van der Waals surface area contributed by atoms with Crippen LogP contribution >= 0.6 is 11.8 Å². The monoisotopic (exact) mass is 413 g/mol. The highest BCUT2D eigenvalue weighted by atomic mass is 32.2. The third kappa shape index (κ3) is 4.16. The van der Waals surface area contributed by atoms with E-state index in [0.29, 0.717) is 16.2 Å². The standard InChI is InChI=1S/C25H23N3OS/c1-17-8-10-18(11-9-17)23(29)16-30-25-20(14-26)24(19-6-4-3-5-7-19)21-15-28(2)13-12-22(21)27-25/h3-11H,12-13,15-16H2,1-2H3. The van der Waals surface area contributed by atoms with Gasteiger partial charge in [-0.2, -0.15) is 5.26 Å². The lowest BCUT2D eigenvalue weighted by molar-refractivity contribution is 0.102. The first-order valence-electron chi connectivity index (χ1n) is 9.99. The molecule has 0 bridgehead atoms. The fourth-order valence-electron chi connectivity index (χ4n) is 3.76. The Morgan fingerprint density at radius 1 is 1.17 bits per heavy atom. The Hall–Kier alpha value is -2.94. The van der Waals surface area contributed by atoms with Crippen molar-refractivity contribution in [2.24, 2.45) is 0 Å². The molecule has 30 heavy (non-hydrogen) atoms. The van der Waals surface area contributed by atoms with Crippen LogP contribution in [0.2, 0.25) is 0 Å². The maximum absolute atomic E-state index is 12.7. The van der Waals surface area contributed by atoms with E-state index in [2.05, 4.69) is 18.0 Å². The highest BCUT2D eigenvalue weighted by molar-refractivity contribution is 8.00. The number of nitriles is 1. The van der Waals surface area contributed by atoms with Crippen LogP contribution in [0.3, 0.4) is 0 Å². The summed E-state index contributed by atoms with van der Waals surface area (Å²) in [4.78, 5) is 19.8. The number of likely N-dealkylation sites (N-methyl/N-ethyl adjacent to an activating group) is 1. The van der Waals surface area contributed by atoms with Crippen LogP contribution in [0.5, 0.6) is 0 Å². The molecule has 0 spiro atoms. The fourth-order valence-corrected chi connectivity index (χ4v) is 4.66. The molecule has 1 aliphatic heterocycles. The first-order valence-corrected chi connectivity index (χ1v) is 11.0. The predicted molar refractivity (Wildman–Crippen MR) is 121 cm³/mol. The van der Waals surface area contributed by atoms with Gasteiger partial charge in [0.15, 0.2) is 5.78 Å². The van der Waals surface area contributed by atoms with Gasteiger partial charge in [-0.15, -0.1) is 0 Å². The van der Waals surface area contributed by atoms with Crippen molar-refractivity contribution in [1.29, 1.82) is 5.26 Å². The molecule has 4 rings (SSSR count). The number of ketones is 1. The first-order chi connectivity index (χ1) is 14.6. The number of thioether (sulfide) groups is 1. The van der Waals surface area contributed by atoms with Crippen LogP contribution in [-0.4, -0.2) is 35.0 Å². The Morgan fingerprint density at radius 3 is 2.60 bits per heavy atom. The molecular weight excluding hydrogens is 390 g/mol. The third-order valence-corrected chi connectivity index (χ3v) is 6.37. The molecule has 0 unspecified atom stereocenters. The summed E-state index contributed by atoms with van der Waals surface area (Å²) in [7, 11) is 2.09. The van der Waals surface area contributed by atoms with E-state index in [4.69, 9.17) is 4.98 Å². The zero-order valence-corrected chi connectivity index (χ0v) is 18.0. The Labute approximate surface area is 181 Å². The number of carbonyl (C=O) groups excluding carboxylic acids is 1. The van der Waals surface area contributed by atoms with Gasteiger partial charge in [0.05, 0.1) is 11.3 Å². The van der Waals surface area contributed by atoms with Crippen LogP contribution in [0.25, 0.3) is 11.1 Å². The Bertz CT molecular complexity index is 1120. The van der Waals surface area contributed by atoms with E-state index in [9.17, 15) is 10.1 Å². The van der Waals surface area contributed by atoms with Gasteiger partial charge in [-0.25, -0.2) is 4.98 Å². The molecule has 0 atom stereocenters. The molecule has 0 aliphatic carbocycles. The summed E-state index contributed by atoms with van der Waals surface area (Å²) in [6.45, 7) is 3.71. The molecule has 5 heteroatoms. The molecule has 2 aromatic carbocycles. The van der Waals surface area contributed by atoms with Gasteiger partial charge >= 0.3 is 0 Å². The molecule has 0 fully saturated rings. The lowest BCUT2D eigenvalue weighted by Gasteiger charge is -2.28. The number of pyridine rings is 1. The summed E-state index contributed by atoms with van der Waals surface area (Å²) in [5, 5.41) is 10.7. The molecule has 0 radical (unpaired) electrons. The van der Waals surface area contributed by atoms with Gasteiger partial charge in [0.1, 0.15) is 11.1 Å². The molecule has 0 N–H and O–H groups in total. The quantitative estimate of drug-likeness (QED) is 0.440. The van der Waals surface area contributed by atoms with E-state index in [-0.39, 0.29) is 11.5 Å². The summed E-state index contributed by atoms with van der Waals surface area (Å²) < 4.78 is 0. The van der Waals surface area contributed by atoms with Crippen molar-refractivity contribution in [2.75, 3.05) is 19.3 Å². The topological polar surface area (TPSA) is 57.0 Å². The minimum atomic E-state index is 0.0457. The van der Waals surface area contributed by atoms with Crippen LogP contribution in [0, 0.1) is 18.3 Å². The third-order valence-electron chi connectivity index (χ3n) is 5.40. The van der Waals surface area contributed by atoms with Crippen LogP contribution in [0.1, 0.15) is 32.7 Å². The largest absolute Gasteiger partial charge is 0.302 e. The zero-order chi connectivity index (χ0) is 21.1. The fraction of sp³-hybridized carbons (Fsp3) is 0.240. The summed E-state index contributed by atoms with van der Waals surface area (Å²) in [6, 6.07) is 20.0. The number of aromatic nitrogens is 1. The average molecular weight is 414 g/mol. The van der Waals surface area contributed by atoms with Gasteiger partial charge in [-0.05, 0) is 25.1 Å². The van der Waals surface area contributed by atoms with Gasteiger partial charge < -0.3 is 4.90 Å². The van der Waals surface area contributed by atoms with Gasteiger partial charge in [0.2, 0.25) is 0 Å². The lowest BCUT2D eigenvalue weighted by atomic mass is 9.92. The summed E-state index contributed by atoms with van der Waals surface area (Å²) >= 11 is 1.36. The smallest absolute Gasteiger partial charge is 0.173 e. The number of aryl methyl sites for hydroxylation is 1. The number of hydrogen-bond acceptors (Lipinski definition) is 5. The van der Waals surface area contributed by atoms with Crippen LogP contribution < -0.4 is 0 Å². The van der Waals surface area contributed by atoms with Crippen molar-refractivity contribution in [3.8, 4) is 17.2 Å². The number of hydrogen-bond donors (Lipinski definition) is 0. The molecule has 4 nitrogen and oxygen atoms in total. The van der Waals surface area contributed by atoms with Crippen molar-refractivity contribution in [2.45, 2.75) is 24.9 Å². The molecule has 3 aromatic rings. The lowest BCUT2D eigenvalue weighted by Crippen LogP contribution is -2.28. The van der Waals surface area contributed by atoms with Gasteiger partial charge in [0, 0.05) is 36.3 Å². The molecule has 0 saturated heterocycles. The number of Topliss-reactive ketones (excluding diaryl/α,β-unsaturated/α-hetero) is 1.